The van der Waals surface area contributed by atoms with Crippen molar-refractivity contribution in [3.63, 3.8) is 0 Å². The molecule has 2 heteroatoms. The molecular weight excluding hydrogens is 246 g/mol. The lowest BCUT2D eigenvalue weighted by Gasteiger charge is -2.21. The second-order valence-corrected chi connectivity index (χ2v) is 5.96. The Bertz CT molecular complexity index is 354. The van der Waals surface area contributed by atoms with Gasteiger partial charge in [0.05, 0.1) is 6.61 Å². The van der Waals surface area contributed by atoms with Crippen LogP contribution in [-0.2, 0) is 6.54 Å². The van der Waals surface area contributed by atoms with Crippen molar-refractivity contribution in [1.82, 2.24) is 5.32 Å². The quantitative estimate of drug-likeness (QED) is 0.703. The average molecular weight is 275 g/mol. The predicted octanol–water partition coefficient (Wildman–Crippen LogP) is 4.54. The van der Waals surface area contributed by atoms with Crippen molar-refractivity contribution in [2.45, 2.75) is 58.4 Å². The van der Waals surface area contributed by atoms with Gasteiger partial charge in [-0.1, -0.05) is 51.2 Å². The number of benzene rings is 1. The molecule has 0 spiro atoms. The molecule has 1 aliphatic carbocycles. The van der Waals surface area contributed by atoms with E-state index in [4.69, 9.17) is 4.74 Å². The monoisotopic (exact) mass is 275 g/mol. The van der Waals surface area contributed by atoms with Crippen LogP contribution in [0.25, 0.3) is 0 Å². The number of hydrogen-bond acceptors (Lipinski definition) is 2. The third kappa shape index (κ3) is 5.54. The van der Waals surface area contributed by atoms with Crippen LogP contribution in [0.4, 0.5) is 0 Å². The van der Waals surface area contributed by atoms with E-state index in [0.29, 0.717) is 0 Å². The lowest BCUT2D eigenvalue weighted by atomic mass is 9.87. The van der Waals surface area contributed by atoms with Crippen molar-refractivity contribution in [3.05, 3.63) is 29.8 Å². The van der Waals surface area contributed by atoms with Crippen LogP contribution in [0.1, 0.15) is 57.4 Å². The highest BCUT2D eigenvalue weighted by atomic mass is 16.5. The molecule has 0 atom stereocenters. The van der Waals surface area contributed by atoms with Crippen LogP contribution in [-0.4, -0.2) is 13.2 Å². The van der Waals surface area contributed by atoms with E-state index in [9.17, 15) is 0 Å². The van der Waals surface area contributed by atoms with Gasteiger partial charge in [-0.05, 0) is 43.0 Å². The van der Waals surface area contributed by atoms with E-state index in [1.165, 1.54) is 44.1 Å². The zero-order chi connectivity index (χ0) is 14.0. The van der Waals surface area contributed by atoms with E-state index < -0.39 is 0 Å². The molecule has 1 aromatic rings. The molecule has 0 amide bonds. The van der Waals surface area contributed by atoms with E-state index in [2.05, 4.69) is 36.5 Å². The number of nitrogens with one attached hydrogen (secondary N) is 1. The first-order valence-electron chi connectivity index (χ1n) is 8.31. The molecule has 2 nitrogen and oxygen atoms in total. The van der Waals surface area contributed by atoms with Crippen LogP contribution in [0.2, 0.25) is 0 Å². The maximum atomic E-state index is 5.59. The van der Waals surface area contributed by atoms with Crippen LogP contribution in [0.15, 0.2) is 24.3 Å². The topological polar surface area (TPSA) is 21.3 Å². The minimum atomic E-state index is 0.805. The maximum absolute atomic E-state index is 5.59. The van der Waals surface area contributed by atoms with E-state index in [1.54, 1.807) is 0 Å². The van der Waals surface area contributed by atoms with Gasteiger partial charge in [0.15, 0.2) is 0 Å². The van der Waals surface area contributed by atoms with E-state index in [-0.39, 0.29) is 0 Å². The smallest absolute Gasteiger partial charge is 0.119 e. The van der Waals surface area contributed by atoms with Crippen molar-refractivity contribution < 1.29 is 4.74 Å². The summed E-state index contributed by atoms with van der Waals surface area (Å²) in [4.78, 5) is 0. The zero-order valence-electron chi connectivity index (χ0n) is 12.9. The number of rotatable bonds is 8. The van der Waals surface area contributed by atoms with Crippen LogP contribution >= 0.6 is 0 Å². The Morgan fingerprint density at radius 1 is 1.10 bits per heavy atom. The SMILES string of the molecule is CCCOc1ccc(CNCCC2CCCCC2)cc1. The summed E-state index contributed by atoms with van der Waals surface area (Å²) in [6, 6.07) is 8.48. The molecule has 2 rings (SSSR count). The van der Waals surface area contributed by atoms with Gasteiger partial charge in [0, 0.05) is 6.54 Å². The Morgan fingerprint density at radius 3 is 2.55 bits per heavy atom. The molecule has 0 unspecified atom stereocenters. The lowest BCUT2D eigenvalue weighted by molar-refractivity contribution is 0.317. The van der Waals surface area contributed by atoms with E-state index >= 15 is 0 Å². The van der Waals surface area contributed by atoms with Crippen molar-refractivity contribution in [1.29, 1.82) is 0 Å². The molecule has 1 N–H and O–H groups in total. The molecule has 20 heavy (non-hydrogen) atoms. The molecule has 1 aliphatic rings. The summed E-state index contributed by atoms with van der Waals surface area (Å²) >= 11 is 0. The molecule has 1 saturated carbocycles. The summed E-state index contributed by atoms with van der Waals surface area (Å²) in [6.45, 7) is 5.06. The molecule has 112 valence electrons. The van der Waals surface area contributed by atoms with Crippen molar-refractivity contribution in [2.24, 2.45) is 5.92 Å². The van der Waals surface area contributed by atoms with Crippen LogP contribution in [0.3, 0.4) is 0 Å². The van der Waals surface area contributed by atoms with Gasteiger partial charge >= 0.3 is 0 Å². The van der Waals surface area contributed by atoms with Gasteiger partial charge in [0.1, 0.15) is 5.75 Å². The largest absolute Gasteiger partial charge is 0.494 e. The van der Waals surface area contributed by atoms with Gasteiger partial charge in [-0.2, -0.15) is 0 Å². The molecule has 0 aliphatic heterocycles. The van der Waals surface area contributed by atoms with Gasteiger partial charge in [0.25, 0.3) is 0 Å². The number of hydrogen-bond donors (Lipinski definition) is 1. The second kappa shape index (κ2) is 9.02. The standard InChI is InChI=1S/C18H29NO/c1-2-14-20-18-10-8-17(9-11-18)15-19-13-12-16-6-4-3-5-7-16/h8-11,16,19H,2-7,12-15H2,1H3. The van der Waals surface area contributed by atoms with Crippen molar-refractivity contribution >= 4 is 0 Å². The van der Waals surface area contributed by atoms with Crippen LogP contribution in [0, 0.1) is 5.92 Å². The molecule has 0 saturated heterocycles. The third-order valence-electron chi connectivity index (χ3n) is 4.18. The summed E-state index contributed by atoms with van der Waals surface area (Å²) in [6.07, 6.45) is 9.66. The van der Waals surface area contributed by atoms with E-state index in [0.717, 1.165) is 37.8 Å². The molecule has 1 aromatic carbocycles. The first-order valence-corrected chi connectivity index (χ1v) is 8.31. The summed E-state index contributed by atoms with van der Waals surface area (Å²) in [5.41, 5.74) is 1.34. The maximum Gasteiger partial charge on any atom is 0.119 e. The Kier molecular flexibility index (Phi) is 6.93. The first kappa shape index (κ1) is 15.4. The Balaban J connectivity index is 1.61. The highest BCUT2D eigenvalue weighted by Crippen LogP contribution is 2.25. The predicted molar refractivity (Wildman–Crippen MR) is 85.1 cm³/mol. The van der Waals surface area contributed by atoms with E-state index in [1.807, 2.05) is 0 Å². The van der Waals surface area contributed by atoms with Gasteiger partial charge in [-0.3, -0.25) is 0 Å². The highest BCUT2D eigenvalue weighted by Gasteiger charge is 2.12. The Morgan fingerprint density at radius 2 is 1.85 bits per heavy atom. The summed E-state index contributed by atoms with van der Waals surface area (Å²) in [7, 11) is 0. The fourth-order valence-corrected chi connectivity index (χ4v) is 2.94. The van der Waals surface area contributed by atoms with Gasteiger partial charge in [-0.15, -0.1) is 0 Å². The summed E-state index contributed by atoms with van der Waals surface area (Å²) < 4.78 is 5.59. The lowest BCUT2D eigenvalue weighted by Crippen LogP contribution is -2.19. The molecule has 0 bridgehead atoms. The normalized spacial score (nSPS) is 16.2. The second-order valence-electron chi connectivity index (χ2n) is 5.96. The summed E-state index contributed by atoms with van der Waals surface area (Å²) in [5.74, 6) is 1.96. The fourth-order valence-electron chi connectivity index (χ4n) is 2.94. The van der Waals surface area contributed by atoms with Gasteiger partial charge in [0.2, 0.25) is 0 Å². The van der Waals surface area contributed by atoms with Crippen molar-refractivity contribution in [2.75, 3.05) is 13.2 Å². The molecule has 0 heterocycles. The zero-order valence-corrected chi connectivity index (χ0v) is 12.9. The van der Waals surface area contributed by atoms with Gasteiger partial charge in [-0.25, -0.2) is 0 Å². The molecule has 0 radical (unpaired) electrons. The minimum absolute atomic E-state index is 0.805. The fraction of sp³-hybridized carbons (Fsp3) is 0.667. The van der Waals surface area contributed by atoms with Crippen LogP contribution in [0.5, 0.6) is 5.75 Å². The molecule has 1 fully saturated rings. The average Bonchev–Trinajstić information content (AvgIpc) is 2.52. The van der Waals surface area contributed by atoms with Crippen molar-refractivity contribution in [3.8, 4) is 5.75 Å². The Labute approximate surface area is 123 Å². The number of ether oxygens (including phenoxy) is 1. The van der Waals surface area contributed by atoms with Gasteiger partial charge < -0.3 is 10.1 Å². The summed E-state index contributed by atoms with van der Waals surface area (Å²) in [5, 5.41) is 3.57. The molecule has 0 aromatic heterocycles. The minimum Gasteiger partial charge on any atom is -0.494 e. The highest BCUT2D eigenvalue weighted by molar-refractivity contribution is 5.27. The van der Waals surface area contributed by atoms with Crippen LogP contribution < -0.4 is 10.1 Å². The third-order valence-corrected chi connectivity index (χ3v) is 4.18. The molecular formula is C18H29NO. The first-order chi connectivity index (χ1) is 9.88. The Hall–Kier alpha value is -1.02.